The largest absolute Gasteiger partial charge is 0.445 e. The van der Waals surface area contributed by atoms with Crippen molar-refractivity contribution < 1.29 is 19.1 Å². The van der Waals surface area contributed by atoms with Crippen LogP contribution in [0.3, 0.4) is 0 Å². The molecule has 2 amide bonds. The van der Waals surface area contributed by atoms with Crippen LogP contribution in [0.1, 0.15) is 26.3 Å². The predicted octanol–water partition coefficient (Wildman–Crippen LogP) is 2.09. The molecule has 0 aliphatic carbocycles. The summed E-state index contributed by atoms with van der Waals surface area (Å²) >= 11 is 0. The first-order valence-electron chi connectivity index (χ1n) is 7.71. The number of hydrogen-bond donors (Lipinski definition) is 2. The molecule has 0 bridgehead atoms. The average molecular weight is 322 g/mol. The van der Waals surface area contributed by atoms with Gasteiger partial charge in [0.2, 0.25) is 5.91 Å². The highest BCUT2D eigenvalue weighted by Gasteiger charge is 2.24. The number of hydrogen-bond acceptors (Lipinski definition) is 4. The fourth-order valence-electron chi connectivity index (χ4n) is 1.86. The fraction of sp³-hybridized carbons (Fsp3) is 0.529. The van der Waals surface area contributed by atoms with E-state index in [1.807, 2.05) is 51.1 Å². The van der Waals surface area contributed by atoms with E-state index in [1.54, 1.807) is 7.11 Å². The van der Waals surface area contributed by atoms with Gasteiger partial charge in [-0.3, -0.25) is 4.79 Å². The molecule has 2 N–H and O–H groups in total. The number of carbonyl (C=O) groups excluding carboxylic acids is 2. The van der Waals surface area contributed by atoms with Crippen molar-refractivity contribution in [3.63, 3.8) is 0 Å². The zero-order valence-corrected chi connectivity index (χ0v) is 14.2. The molecule has 0 aliphatic rings. The molecule has 6 nitrogen and oxygen atoms in total. The van der Waals surface area contributed by atoms with Crippen molar-refractivity contribution in [1.82, 2.24) is 10.6 Å². The van der Waals surface area contributed by atoms with Gasteiger partial charge in [0.25, 0.3) is 0 Å². The van der Waals surface area contributed by atoms with E-state index in [1.165, 1.54) is 0 Å². The van der Waals surface area contributed by atoms with Gasteiger partial charge < -0.3 is 20.1 Å². The molecule has 6 heteroatoms. The molecular formula is C17H26N2O4. The number of methoxy groups -OCH3 is 1. The van der Waals surface area contributed by atoms with E-state index in [9.17, 15) is 9.59 Å². The minimum atomic E-state index is -0.651. The maximum atomic E-state index is 12.2. The van der Waals surface area contributed by atoms with Crippen molar-refractivity contribution in [3.8, 4) is 0 Å². The molecular weight excluding hydrogens is 296 g/mol. The molecule has 1 aromatic rings. The van der Waals surface area contributed by atoms with Crippen molar-refractivity contribution in [2.24, 2.45) is 5.92 Å². The lowest BCUT2D eigenvalue weighted by molar-refractivity contribution is -0.124. The second-order valence-corrected chi connectivity index (χ2v) is 5.72. The van der Waals surface area contributed by atoms with Gasteiger partial charge in [0.1, 0.15) is 12.6 Å². The third-order valence-electron chi connectivity index (χ3n) is 3.40. The molecule has 0 heterocycles. The standard InChI is InChI=1S/C17H26N2O4/c1-12(2)15(16(20)18-10-13(3)22-4)19-17(21)23-11-14-8-6-5-7-9-14/h5-9,12-13,15H,10-11H2,1-4H3,(H,18,20)(H,19,21)/t13?,15-/m1/s1. The molecule has 2 atom stereocenters. The van der Waals surface area contributed by atoms with E-state index in [0.29, 0.717) is 6.54 Å². The van der Waals surface area contributed by atoms with Crippen LogP contribution in [0.4, 0.5) is 4.79 Å². The monoisotopic (exact) mass is 322 g/mol. The Kier molecular flexibility index (Phi) is 8.11. The smallest absolute Gasteiger partial charge is 0.408 e. The first kappa shape index (κ1) is 19.0. The zero-order chi connectivity index (χ0) is 17.2. The minimum absolute atomic E-state index is 0.0582. The van der Waals surface area contributed by atoms with Crippen LogP contribution >= 0.6 is 0 Å². The molecule has 0 radical (unpaired) electrons. The van der Waals surface area contributed by atoms with Crippen LogP contribution in [0, 0.1) is 5.92 Å². The number of rotatable bonds is 8. The van der Waals surface area contributed by atoms with E-state index in [2.05, 4.69) is 10.6 Å². The fourth-order valence-corrected chi connectivity index (χ4v) is 1.86. The van der Waals surface area contributed by atoms with Gasteiger partial charge in [-0.15, -0.1) is 0 Å². The highest BCUT2D eigenvalue weighted by molar-refractivity contribution is 5.85. The van der Waals surface area contributed by atoms with Crippen LogP contribution in [-0.2, 0) is 20.9 Å². The van der Waals surface area contributed by atoms with Crippen molar-refractivity contribution >= 4 is 12.0 Å². The molecule has 0 saturated carbocycles. The summed E-state index contributed by atoms with van der Waals surface area (Å²) in [5.41, 5.74) is 0.891. The summed E-state index contributed by atoms with van der Waals surface area (Å²) in [7, 11) is 1.58. The van der Waals surface area contributed by atoms with E-state index in [4.69, 9.17) is 9.47 Å². The van der Waals surface area contributed by atoms with E-state index in [-0.39, 0.29) is 24.5 Å². The molecule has 0 saturated heterocycles. The molecule has 0 aliphatic heterocycles. The Hall–Kier alpha value is -2.08. The summed E-state index contributed by atoms with van der Waals surface area (Å²) in [5, 5.41) is 5.37. The normalized spacial score (nSPS) is 13.3. The molecule has 1 rings (SSSR count). The van der Waals surface area contributed by atoms with Gasteiger partial charge in [-0.05, 0) is 18.4 Å². The highest BCUT2D eigenvalue weighted by atomic mass is 16.5. The summed E-state index contributed by atoms with van der Waals surface area (Å²) in [6.07, 6.45) is -0.695. The Labute approximate surface area is 137 Å². The van der Waals surface area contributed by atoms with Gasteiger partial charge >= 0.3 is 6.09 Å². The first-order chi connectivity index (χ1) is 10.9. The molecule has 0 fully saturated rings. The number of alkyl carbamates (subject to hydrolysis) is 1. The van der Waals surface area contributed by atoms with Crippen molar-refractivity contribution in [3.05, 3.63) is 35.9 Å². The van der Waals surface area contributed by atoms with Crippen LogP contribution in [0.5, 0.6) is 0 Å². The summed E-state index contributed by atoms with van der Waals surface area (Å²) in [4.78, 5) is 24.1. The Bertz CT molecular complexity index is 491. The van der Waals surface area contributed by atoms with Gasteiger partial charge in [-0.1, -0.05) is 44.2 Å². The molecule has 1 aromatic carbocycles. The van der Waals surface area contributed by atoms with Crippen molar-refractivity contribution in [2.45, 2.75) is 39.5 Å². The van der Waals surface area contributed by atoms with E-state index >= 15 is 0 Å². The second kappa shape index (κ2) is 9.84. The zero-order valence-electron chi connectivity index (χ0n) is 14.2. The van der Waals surface area contributed by atoms with E-state index < -0.39 is 12.1 Å². The summed E-state index contributed by atoms with van der Waals surface area (Å²) < 4.78 is 10.2. The maximum Gasteiger partial charge on any atom is 0.408 e. The van der Waals surface area contributed by atoms with Gasteiger partial charge in [-0.25, -0.2) is 4.79 Å². The summed E-state index contributed by atoms with van der Waals surface area (Å²) in [6, 6.07) is 8.72. The average Bonchev–Trinajstić information content (AvgIpc) is 2.55. The van der Waals surface area contributed by atoms with Crippen LogP contribution in [0.15, 0.2) is 30.3 Å². The maximum absolute atomic E-state index is 12.2. The third-order valence-corrected chi connectivity index (χ3v) is 3.40. The Balaban J connectivity index is 2.47. The van der Waals surface area contributed by atoms with Crippen LogP contribution in [-0.4, -0.2) is 37.8 Å². The number of ether oxygens (including phenoxy) is 2. The number of amides is 2. The molecule has 23 heavy (non-hydrogen) atoms. The topological polar surface area (TPSA) is 76.7 Å². The minimum Gasteiger partial charge on any atom is -0.445 e. The lowest BCUT2D eigenvalue weighted by atomic mass is 10.0. The number of benzene rings is 1. The quantitative estimate of drug-likeness (QED) is 0.768. The number of nitrogens with one attached hydrogen (secondary N) is 2. The summed E-state index contributed by atoms with van der Waals surface area (Å²) in [5.74, 6) is -0.308. The van der Waals surface area contributed by atoms with Crippen molar-refractivity contribution in [1.29, 1.82) is 0 Å². The lowest BCUT2D eigenvalue weighted by Gasteiger charge is -2.22. The Morgan fingerprint density at radius 3 is 2.35 bits per heavy atom. The summed E-state index contributed by atoms with van der Waals surface area (Å²) in [6.45, 7) is 6.13. The Morgan fingerprint density at radius 2 is 1.78 bits per heavy atom. The van der Waals surface area contributed by atoms with Crippen molar-refractivity contribution in [2.75, 3.05) is 13.7 Å². The Morgan fingerprint density at radius 1 is 1.13 bits per heavy atom. The first-order valence-corrected chi connectivity index (χ1v) is 7.71. The predicted molar refractivity (Wildman–Crippen MR) is 87.9 cm³/mol. The van der Waals surface area contributed by atoms with Gasteiger partial charge in [0.15, 0.2) is 0 Å². The molecule has 1 unspecified atom stereocenters. The third kappa shape index (κ3) is 7.15. The molecule has 128 valence electrons. The van der Waals surface area contributed by atoms with Crippen LogP contribution < -0.4 is 10.6 Å². The van der Waals surface area contributed by atoms with Crippen LogP contribution in [0.2, 0.25) is 0 Å². The SMILES string of the molecule is COC(C)CNC(=O)[C@H](NC(=O)OCc1ccccc1)C(C)C. The number of carbonyl (C=O) groups is 2. The lowest BCUT2D eigenvalue weighted by Crippen LogP contribution is -2.51. The highest BCUT2D eigenvalue weighted by Crippen LogP contribution is 2.05. The molecule has 0 spiro atoms. The van der Waals surface area contributed by atoms with Gasteiger partial charge in [0.05, 0.1) is 6.10 Å². The van der Waals surface area contributed by atoms with E-state index in [0.717, 1.165) is 5.56 Å². The molecule has 0 aromatic heterocycles. The van der Waals surface area contributed by atoms with Crippen LogP contribution in [0.25, 0.3) is 0 Å². The van der Waals surface area contributed by atoms with Gasteiger partial charge in [0, 0.05) is 13.7 Å². The second-order valence-electron chi connectivity index (χ2n) is 5.72. The van der Waals surface area contributed by atoms with Gasteiger partial charge in [-0.2, -0.15) is 0 Å².